The van der Waals surface area contributed by atoms with E-state index in [0.717, 1.165) is 0 Å². The number of hydrogen-bond donors (Lipinski definition) is 0. The number of nitriles is 1. The summed E-state index contributed by atoms with van der Waals surface area (Å²) in [6.07, 6.45) is 8.89. The molecule has 4 nitrogen and oxygen atoms in total. The van der Waals surface area contributed by atoms with Crippen LogP contribution in [0, 0.1) is 11.3 Å². The predicted octanol–water partition coefficient (Wildman–Crippen LogP) is 3.98. The van der Waals surface area contributed by atoms with Crippen LogP contribution in [0.2, 0.25) is 0 Å². The van der Waals surface area contributed by atoms with Crippen LogP contribution in [0.3, 0.4) is 0 Å². The summed E-state index contributed by atoms with van der Waals surface area (Å²) in [6, 6.07) is 5.40. The van der Waals surface area contributed by atoms with Crippen LogP contribution in [0.25, 0.3) is 0 Å². The second kappa shape index (κ2) is 8.49. The standard InChI is InChI=1S/C17H18N2O2/c1-4-6-7-14(11-18)10-13(3)21-17-9-8-15(12-19-17)16(20)5-2/h4,6-10,12H,5H2,1-3H3/b6-4-,13-10+,14-7+. The number of pyridine rings is 1. The van der Waals surface area contributed by atoms with Gasteiger partial charge in [-0.25, -0.2) is 4.98 Å². The van der Waals surface area contributed by atoms with Crippen LogP contribution in [0.15, 0.2) is 54.0 Å². The third kappa shape index (κ3) is 5.45. The lowest BCUT2D eigenvalue weighted by Crippen LogP contribution is -1.99. The van der Waals surface area contributed by atoms with Crippen molar-refractivity contribution < 1.29 is 9.53 Å². The lowest BCUT2D eigenvalue weighted by Gasteiger charge is -2.05. The molecule has 0 saturated carbocycles. The fourth-order valence-electron chi connectivity index (χ4n) is 1.54. The Hall–Kier alpha value is -2.67. The number of allylic oxidation sites excluding steroid dienone is 6. The van der Waals surface area contributed by atoms with Crippen LogP contribution in [-0.4, -0.2) is 10.8 Å². The van der Waals surface area contributed by atoms with Gasteiger partial charge in [-0.15, -0.1) is 0 Å². The Kier molecular flexibility index (Phi) is 6.62. The minimum absolute atomic E-state index is 0.0439. The quantitative estimate of drug-likeness (QED) is 0.342. The number of carbonyl (C=O) groups excluding carboxylic acids is 1. The number of hydrogen-bond acceptors (Lipinski definition) is 4. The van der Waals surface area contributed by atoms with E-state index < -0.39 is 0 Å². The number of nitrogens with zero attached hydrogens (tertiary/aromatic N) is 2. The molecule has 21 heavy (non-hydrogen) atoms. The Bertz CT molecular complexity index is 617. The summed E-state index contributed by atoms with van der Waals surface area (Å²) in [5, 5.41) is 8.99. The van der Waals surface area contributed by atoms with Crippen molar-refractivity contribution in [3.05, 3.63) is 59.5 Å². The van der Waals surface area contributed by atoms with E-state index in [1.807, 2.05) is 13.0 Å². The molecule has 0 fully saturated rings. The van der Waals surface area contributed by atoms with Gasteiger partial charge in [0.15, 0.2) is 5.78 Å². The monoisotopic (exact) mass is 282 g/mol. The first kappa shape index (κ1) is 16.4. The Labute approximate surface area is 125 Å². The van der Waals surface area contributed by atoms with Gasteiger partial charge in [0, 0.05) is 24.2 Å². The van der Waals surface area contributed by atoms with Crippen LogP contribution in [0.4, 0.5) is 0 Å². The number of Topliss-reactive ketones (excluding diaryl/α,β-unsaturated/α-hetero) is 1. The van der Waals surface area contributed by atoms with Crippen molar-refractivity contribution in [1.29, 1.82) is 5.26 Å². The normalized spacial score (nSPS) is 12.3. The Balaban J connectivity index is 2.81. The van der Waals surface area contributed by atoms with E-state index in [4.69, 9.17) is 10.00 Å². The molecule has 0 amide bonds. The highest BCUT2D eigenvalue weighted by atomic mass is 16.5. The molecule has 4 heteroatoms. The van der Waals surface area contributed by atoms with Crippen LogP contribution in [0.5, 0.6) is 5.88 Å². The Morgan fingerprint density at radius 2 is 2.24 bits per heavy atom. The Morgan fingerprint density at radius 1 is 1.48 bits per heavy atom. The Morgan fingerprint density at radius 3 is 2.76 bits per heavy atom. The zero-order chi connectivity index (χ0) is 15.7. The van der Waals surface area contributed by atoms with Gasteiger partial charge in [-0.1, -0.05) is 19.1 Å². The first-order valence-electron chi connectivity index (χ1n) is 6.69. The van der Waals surface area contributed by atoms with Gasteiger partial charge in [0.05, 0.1) is 11.6 Å². The van der Waals surface area contributed by atoms with Gasteiger partial charge in [0.2, 0.25) is 5.88 Å². The van der Waals surface area contributed by atoms with Gasteiger partial charge in [-0.05, 0) is 32.1 Å². The summed E-state index contributed by atoms with van der Waals surface area (Å²) < 4.78 is 5.52. The molecule has 0 N–H and O–H groups in total. The number of carbonyl (C=O) groups is 1. The van der Waals surface area contributed by atoms with Crippen molar-refractivity contribution in [3.63, 3.8) is 0 Å². The molecular weight excluding hydrogens is 264 g/mol. The molecule has 0 bridgehead atoms. The van der Waals surface area contributed by atoms with E-state index in [1.54, 1.807) is 44.2 Å². The van der Waals surface area contributed by atoms with Crippen molar-refractivity contribution in [1.82, 2.24) is 4.98 Å². The van der Waals surface area contributed by atoms with Crippen molar-refractivity contribution in [2.45, 2.75) is 27.2 Å². The molecule has 0 aliphatic carbocycles. The van der Waals surface area contributed by atoms with E-state index in [2.05, 4.69) is 11.1 Å². The molecule has 1 aromatic rings. The zero-order valence-corrected chi connectivity index (χ0v) is 12.5. The maximum atomic E-state index is 11.5. The van der Waals surface area contributed by atoms with Crippen molar-refractivity contribution in [2.75, 3.05) is 0 Å². The molecule has 0 aliphatic heterocycles. The van der Waals surface area contributed by atoms with Gasteiger partial charge in [-0.2, -0.15) is 5.26 Å². The number of ether oxygens (including phenoxy) is 1. The molecule has 0 spiro atoms. The average Bonchev–Trinajstić information content (AvgIpc) is 2.51. The molecule has 0 radical (unpaired) electrons. The summed E-state index contributed by atoms with van der Waals surface area (Å²) in [4.78, 5) is 15.6. The summed E-state index contributed by atoms with van der Waals surface area (Å²) in [5.41, 5.74) is 1.06. The number of rotatable bonds is 6. The third-order valence-electron chi connectivity index (χ3n) is 2.60. The first-order chi connectivity index (χ1) is 10.1. The largest absolute Gasteiger partial charge is 0.444 e. The predicted molar refractivity (Wildman–Crippen MR) is 81.8 cm³/mol. The second-order valence-corrected chi connectivity index (χ2v) is 4.28. The van der Waals surface area contributed by atoms with E-state index in [0.29, 0.717) is 29.2 Å². The van der Waals surface area contributed by atoms with Gasteiger partial charge in [0.1, 0.15) is 5.76 Å². The van der Waals surface area contributed by atoms with Crippen LogP contribution >= 0.6 is 0 Å². The molecule has 0 saturated heterocycles. The molecule has 0 unspecified atom stereocenters. The van der Waals surface area contributed by atoms with Crippen LogP contribution in [-0.2, 0) is 0 Å². The zero-order valence-electron chi connectivity index (χ0n) is 12.5. The topological polar surface area (TPSA) is 63.0 Å². The maximum Gasteiger partial charge on any atom is 0.218 e. The highest BCUT2D eigenvalue weighted by Gasteiger charge is 2.04. The molecule has 1 heterocycles. The molecule has 0 aliphatic rings. The molecule has 0 atom stereocenters. The van der Waals surface area contributed by atoms with E-state index >= 15 is 0 Å². The first-order valence-corrected chi connectivity index (χ1v) is 6.69. The molecule has 1 aromatic heterocycles. The highest BCUT2D eigenvalue weighted by molar-refractivity contribution is 5.95. The number of ketones is 1. The van der Waals surface area contributed by atoms with Crippen molar-refractivity contribution in [2.24, 2.45) is 0 Å². The fraction of sp³-hybridized carbons (Fsp3) is 0.235. The molecule has 1 rings (SSSR count). The van der Waals surface area contributed by atoms with Gasteiger partial charge in [-0.3, -0.25) is 4.79 Å². The second-order valence-electron chi connectivity index (χ2n) is 4.28. The van der Waals surface area contributed by atoms with Crippen molar-refractivity contribution >= 4 is 5.78 Å². The van der Waals surface area contributed by atoms with Crippen molar-refractivity contribution in [3.8, 4) is 11.9 Å². The SMILES string of the molecule is C\C=C/C=C(C#N)\C=C(/C)Oc1ccc(C(=O)CC)cn1. The van der Waals surface area contributed by atoms with E-state index in [-0.39, 0.29) is 5.78 Å². The molecule has 0 aromatic carbocycles. The average molecular weight is 282 g/mol. The summed E-state index contributed by atoms with van der Waals surface area (Å²) in [6.45, 7) is 5.43. The summed E-state index contributed by atoms with van der Waals surface area (Å²) in [5.74, 6) is 0.983. The van der Waals surface area contributed by atoms with E-state index in [1.165, 1.54) is 6.20 Å². The third-order valence-corrected chi connectivity index (χ3v) is 2.60. The van der Waals surface area contributed by atoms with Gasteiger partial charge >= 0.3 is 0 Å². The lowest BCUT2D eigenvalue weighted by molar-refractivity contribution is 0.0988. The van der Waals surface area contributed by atoms with E-state index in [9.17, 15) is 4.79 Å². The smallest absolute Gasteiger partial charge is 0.218 e. The lowest BCUT2D eigenvalue weighted by atomic mass is 10.1. The summed E-state index contributed by atoms with van der Waals surface area (Å²) >= 11 is 0. The highest BCUT2D eigenvalue weighted by Crippen LogP contribution is 2.13. The van der Waals surface area contributed by atoms with Crippen LogP contribution in [0.1, 0.15) is 37.6 Å². The molecular formula is C17H18N2O2. The van der Waals surface area contributed by atoms with Gasteiger partial charge < -0.3 is 4.74 Å². The maximum absolute atomic E-state index is 11.5. The minimum atomic E-state index is 0.0439. The minimum Gasteiger partial charge on any atom is -0.444 e. The molecule has 108 valence electrons. The number of aromatic nitrogens is 1. The summed E-state index contributed by atoms with van der Waals surface area (Å²) in [7, 11) is 0. The fourth-order valence-corrected chi connectivity index (χ4v) is 1.54. The van der Waals surface area contributed by atoms with Crippen LogP contribution < -0.4 is 4.74 Å². The van der Waals surface area contributed by atoms with Gasteiger partial charge in [0.25, 0.3) is 0 Å².